The number of likely N-dealkylation sites (N-methyl/N-ethyl adjacent to an activating group) is 1. The number of anilines is 2. The molecule has 0 bridgehead atoms. The van der Waals surface area contributed by atoms with E-state index >= 15 is 0 Å². The highest BCUT2D eigenvalue weighted by Gasteiger charge is 2.22. The molecule has 2 aromatic heterocycles. The van der Waals surface area contributed by atoms with Gasteiger partial charge < -0.3 is 16.0 Å². The SMILES string of the molecule is CN1CCc2nc3sc(C(=O)Nc4ccc(F)c(F)c4)c(N)c3cc2C1. The first kappa shape index (κ1) is 16.9. The average molecular weight is 374 g/mol. The van der Waals surface area contributed by atoms with Crippen LogP contribution in [0.15, 0.2) is 24.3 Å². The number of rotatable bonds is 2. The molecule has 3 N–H and O–H groups in total. The average Bonchev–Trinajstić information content (AvgIpc) is 2.92. The van der Waals surface area contributed by atoms with Gasteiger partial charge in [-0.3, -0.25) is 4.79 Å². The highest BCUT2D eigenvalue weighted by Crippen LogP contribution is 2.35. The molecule has 4 rings (SSSR count). The summed E-state index contributed by atoms with van der Waals surface area (Å²) in [6.45, 7) is 1.74. The Balaban J connectivity index is 1.68. The zero-order valence-corrected chi connectivity index (χ0v) is 14.8. The Kier molecular flexibility index (Phi) is 4.08. The van der Waals surface area contributed by atoms with Crippen molar-refractivity contribution in [1.29, 1.82) is 0 Å². The summed E-state index contributed by atoms with van der Waals surface area (Å²) < 4.78 is 26.3. The van der Waals surface area contributed by atoms with E-state index in [1.54, 1.807) is 0 Å². The van der Waals surface area contributed by atoms with Crippen molar-refractivity contribution >= 4 is 38.8 Å². The number of pyridine rings is 1. The number of halogens is 2. The highest BCUT2D eigenvalue weighted by atomic mass is 32.1. The Morgan fingerprint density at radius 2 is 2.12 bits per heavy atom. The van der Waals surface area contributed by atoms with Gasteiger partial charge in [0.15, 0.2) is 11.6 Å². The fraction of sp³-hybridized carbons (Fsp3) is 0.222. The molecular weight excluding hydrogens is 358 g/mol. The van der Waals surface area contributed by atoms with Crippen LogP contribution in [0.5, 0.6) is 0 Å². The molecule has 0 spiro atoms. The second-order valence-corrected chi connectivity index (χ2v) is 7.36. The number of nitrogens with zero attached hydrogens (tertiary/aromatic N) is 2. The summed E-state index contributed by atoms with van der Waals surface area (Å²) in [7, 11) is 2.05. The number of aromatic nitrogens is 1. The number of carbonyl (C=O) groups is 1. The number of nitrogen functional groups attached to an aromatic ring is 1. The summed E-state index contributed by atoms with van der Waals surface area (Å²) >= 11 is 1.20. The van der Waals surface area contributed by atoms with Gasteiger partial charge in [0.05, 0.1) is 5.69 Å². The molecule has 1 amide bonds. The molecule has 5 nitrogen and oxygen atoms in total. The molecule has 134 valence electrons. The van der Waals surface area contributed by atoms with Crippen molar-refractivity contribution in [2.45, 2.75) is 13.0 Å². The van der Waals surface area contributed by atoms with Gasteiger partial charge in [-0.1, -0.05) is 0 Å². The van der Waals surface area contributed by atoms with Gasteiger partial charge in [-0.15, -0.1) is 11.3 Å². The number of fused-ring (bicyclic) bond motifs is 2. The quantitative estimate of drug-likeness (QED) is 0.721. The highest BCUT2D eigenvalue weighted by molar-refractivity contribution is 7.21. The number of amides is 1. The first-order valence-corrected chi connectivity index (χ1v) is 8.89. The molecule has 8 heteroatoms. The molecule has 0 unspecified atom stereocenters. The number of hydrogen-bond acceptors (Lipinski definition) is 5. The maximum atomic E-state index is 13.3. The van der Waals surface area contributed by atoms with Gasteiger partial charge in [0, 0.05) is 42.3 Å². The third kappa shape index (κ3) is 2.91. The minimum atomic E-state index is -1.02. The van der Waals surface area contributed by atoms with Crippen LogP contribution in [0.3, 0.4) is 0 Å². The van der Waals surface area contributed by atoms with Crippen LogP contribution in [-0.4, -0.2) is 29.4 Å². The van der Waals surface area contributed by atoms with Crippen molar-refractivity contribution in [3.63, 3.8) is 0 Å². The Morgan fingerprint density at radius 1 is 1.31 bits per heavy atom. The largest absolute Gasteiger partial charge is 0.397 e. The maximum absolute atomic E-state index is 13.3. The number of nitrogens with two attached hydrogens (primary N) is 1. The topological polar surface area (TPSA) is 71.2 Å². The van der Waals surface area contributed by atoms with E-state index in [-0.39, 0.29) is 5.69 Å². The smallest absolute Gasteiger partial charge is 0.267 e. The van der Waals surface area contributed by atoms with E-state index in [1.165, 1.54) is 17.4 Å². The van der Waals surface area contributed by atoms with Gasteiger partial charge in [-0.05, 0) is 30.8 Å². The van der Waals surface area contributed by atoms with Crippen molar-refractivity contribution < 1.29 is 13.6 Å². The van der Waals surface area contributed by atoms with Crippen LogP contribution in [0.25, 0.3) is 10.2 Å². The Morgan fingerprint density at radius 3 is 2.88 bits per heavy atom. The Hall–Kier alpha value is -2.58. The molecule has 0 aliphatic carbocycles. The number of hydrogen-bond donors (Lipinski definition) is 2. The van der Waals surface area contributed by atoms with Crippen molar-refractivity contribution in [3.8, 4) is 0 Å². The van der Waals surface area contributed by atoms with Gasteiger partial charge >= 0.3 is 0 Å². The molecule has 0 saturated heterocycles. The summed E-state index contributed by atoms with van der Waals surface area (Å²) in [5.74, 6) is -2.46. The normalized spacial score (nSPS) is 14.4. The van der Waals surface area contributed by atoms with E-state index in [0.29, 0.717) is 15.4 Å². The zero-order valence-electron chi connectivity index (χ0n) is 14.0. The number of carbonyl (C=O) groups excluding carboxylic acids is 1. The van der Waals surface area contributed by atoms with Gasteiger partial charge in [0.1, 0.15) is 9.71 Å². The number of thiophene rings is 1. The van der Waals surface area contributed by atoms with E-state index in [9.17, 15) is 13.6 Å². The van der Waals surface area contributed by atoms with Crippen molar-refractivity contribution in [3.05, 3.63) is 52.0 Å². The summed E-state index contributed by atoms with van der Waals surface area (Å²) in [4.78, 5) is 20.4. The molecule has 0 atom stereocenters. The van der Waals surface area contributed by atoms with Crippen LogP contribution >= 0.6 is 11.3 Å². The van der Waals surface area contributed by atoms with E-state index in [0.717, 1.165) is 48.3 Å². The molecule has 26 heavy (non-hydrogen) atoms. The predicted molar refractivity (Wildman–Crippen MR) is 98.4 cm³/mol. The number of benzene rings is 1. The lowest BCUT2D eigenvalue weighted by Crippen LogP contribution is -2.27. The molecule has 0 radical (unpaired) electrons. The van der Waals surface area contributed by atoms with E-state index < -0.39 is 17.5 Å². The van der Waals surface area contributed by atoms with Crippen LogP contribution in [-0.2, 0) is 13.0 Å². The molecule has 1 aliphatic heterocycles. The lowest BCUT2D eigenvalue weighted by Gasteiger charge is -2.24. The fourth-order valence-corrected chi connectivity index (χ4v) is 4.06. The van der Waals surface area contributed by atoms with E-state index in [1.807, 2.05) is 13.1 Å². The van der Waals surface area contributed by atoms with Crippen molar-refractivity contribution in [2.24, 2.45) is 0 Å². The summed E-state index contributed by atoms with van der Waals surface area (Å²) in [6.07, 6.45) is 0.857. The van der Waals surface area contributed by atoms with Crippen LogP contribution < -0.4 is 11.1 Å². The van der Waals surface area contributed by atoms with Crippen LogP contribution in [0.4, 0.5) is 20.2 Å². The second kappa shape index (κ2) is 6.30. The van der Waals surface area contributed by atoms with Gasteiger partial charge in [0.25, 0.3) is 5.91 Å². The Labute approximate surface area is 152 Å². The summed E-state index contributed by atoms with van der Waals surface area (Å²) in [6, 6.07) is 5.19. The lowest BCUT2D eigenvalue weighted by molar-refractivity contribution is 0.103. The first-order chi connectivity index (χ1) is 12.4. The molecule has 3 heterocycles. The molecule has 1 aliphatic rings. The zero-order chi connectivity index (χ0) is 18.4. The second-order valence-electron chi connectivity index (χ2n) is 6.36. The van der Waals surface area contributed by atoms with Crippen LogP contribution in [0.2, 0.25) is 0 Å². The fourth-order valence-electron chi connectivity index (χ4n) is 3.07. The maximum Gasteiger partial charge on any atom is 0.267 e. The summed E-state index contributed by atoms with van der Waals surface area (Å²) in [5.41, 5.74) is 8.84. The van der Waals surface area contributed by atoms with E-state index in [2.05, 4.69) is 15.2 Å². The number of nitrogens with one attached hydrogen (secondary N) is 1. The molecule has 1 aromatic carbocycles. The summed E-state index contributed by atoms with van der Waals surface area (Å²) in [5, 5.41) is 3.30. The van der Waals surface area contributed by atoms with Crippen LogP contribution in [0.1, 0.15) is 20.9 Å². The van der Waals surface area contributed by atoms with Gasteiger partial charge in [0.2, 0.25) is 0 Å². The first-order valence-electron chi connectivity index (χ1n) is 8.08. The minimum absolute atomic E-state index is 0.166. The standard InChI is InChI=1S/C18H16F2N4OS/c1-24-5-4-14-9(8-24)6-11-15(21)16(26-18(11)23-14)17(25)22-10-2-3-12(19)13(20)7-10/h2-3,6-7H,4-5,8,21H2,1H3,(H,22,25). The third-order valence-electron chi connectivity index (χ3n) is 4.44. The van der Waals surface area contributed by atoms with Crippen molar-refractivity contribution in [1.82, 2.24) is 9.88 Å². The predicted octanol–water partition coefficient (Wildman–Crippen LogP) is 3.40. The molecular formula is C18H16F2N4OS. The van der Waals surface area contributed by atoms with Crippen LogP contribution in [0, 0.1) is 11.6 Å². The van der Waals surface area contributed by atoms with Crippen molar-refractivity contribution in [2.75, 3.05) is 24.6 Å². The molecule has 0 fully saturated rings. The Bertz CT molecular complexity index is 1030. The van der Waals surface area contributed by atoms with Gasteiger partial charge in [-0.25, -0.2) is 13.8 Å². The third-order valence-corrected chi connectivity index (χ3v) is 5.56. The van der Waals surface area contributed by atoms with E-state index in [4.69, 9.17) is 5.73 Å². The molecule has 0 saturated carbocycles. The lowest BCUT2D eigenvalue weighted by atomic mass is 10.0. The minimum Gasteiger partial charge on any atom is -0.397 e. The molecule has 3 aromatic rings. The van der Waals surface area contributed by atoms with Gasteiger partial charge in [-0.2, -0.15) is 0 Å². The monoisotopic (exact) mass is 374 g/mol.